The number of rotatable bonds is 17. The van der Waals surface area contributed by atoms with Crippen LogP contribution in [0.3, 0.4) is 0 Å². The van der Waals surface area contributed by atoms with E-state index in [1.807, 2.05) is 12.1 Å². The summed E-state index contributed by atoms with van der Waals surface area (Å²) >= 11 is 6.71. The van der Waals surface area contributed by atoms with Crippen molar-refractivity contribution in [2.75, 3.05) is 14.2 Å². The summed E-state index contributed by atoms with van der Waals surface area (Å²) in [5, 5.41) is 0.807. The molecule has 2 aromatic rings. The Morgan fingerprint density at radius 1 is 0.789 bits per heavy atom. The molecule has 1 unspecified atom stereocenters. The van der Waals surface area contributed by atoms with Gasteiger partial charge in [0, 0.05) is 24.5 Å². The Kier molecular flexibility index (Phi) is 15.2. The number of methoxy groups -OCH3 is 2. The first kappa shape index (κ1) is 32.5. The topological polar surface area (TPSA) is 21.5 Å². The van der Waals surface area contributed by atoms with E-state index in [9.17, 15) is 0 Å². The van der Waals surface area contributed by atoms with Gasteiger partial charge in [-0.1, -0.05) is 108 Å². The number of para-hydroxylation sites is 1. The van der Waals surface area contributed by atoms with Gasteiger partial charge >= 0.3 is 0 Å². The maximum atomic E-state index is 6.71. The van der Waals surface area contributed by atoms with Gasteiger partial charge in [-0.2, -0.15) is 4.58 Å². The highest BCUT2D eigenvalue weighted by Crippen LogP contribution is 2.37. The normalized spacial score (nSPS) is 14.7. The molecule has 0 aliphatic carbocycles. The van der Waals surface area contributed by atoms with Crippen molar-refractivity contribution in [1.82, 2.24) is 0 Å². The molecule has 1 atom stereocenters. The third kappa shape index (κ3) is 9.19. The van der Waals surface area contributed by atoms with E-state index in [-0.39, 0.29) is 12.4 Å². The first-order valence-electron chi connectivity index (χ1n) is 14.8. The fourth-order valence-corrected chi connectivity index (χ4v) is 5.99. The van der Waals surface area contributed by atoms with Crippen LogP contribution in [-0.4, -0.2) is 30.5 Å². The fraction of sp³-hybridized carbons (Fsp3) is 0.606. The van der Waals surface area contributed by atoms with E-state index in [1.54, 1.807) is 14.2 Å². The minimum Gasteiger partial charge on any atom is -1.00 e. The molecule has 0 spiro atoms. The van der Waals surface area contributed by atoms with Gasteiger partial charge in [0.15, 0.2) is 23.3 Å². The molecule has 1 aliphatic heterocycles. The van der Waals surface area contributed by atoms with Crippen LogP contribution in [0.1, 0.15) is 115 Å². The molecule has 212 valence electrons. The van der Waals surface area contributed by atoms with Gasteiger partial charge in [0.2, 0.25) is 5.69 Å². The van der Waals surface area contributed by atoms with Crippen molar-refractivity contribution in [3.8, 4) is 11.5 Å². The van der Waals surface area contributed by atoms with Crippen LogP contribution in [0, 0.1) is 0 Å². The third-order valence-electron chi connectivity index (χ3n) is 7.80. The molecule has 3 nitrogen and oxygen atoms in total. The van der Waals surface area contributed by atoms with Crippen LogP contribution in [0.4, 0.5) is 5.69 Å². The highest BCUT2D eigenvalue weighted by atomic mass is 35.5. The third-order valence-corrected chi connectivity index (χ3v) is 8.12. The van der Waals surface area contributed by atoms with E-state index in [4.69, 9.17) is 21.1 Å². The van der Waals surface area contributed by atoms with E-state index >= 15 is 0 Å². The Hall–Kier alpha value is -1.71. The number of unbranched alkanes of at least 4 members (excludes halogenated alkanes) is 12. The number of halogens is 2. The Bertz CT molecular complexity index is 1000. The van der Waals surface area contributed by atoms with Gasteiger partial charge in [-0.05, 0) is 37.1 Å². The van der Waals surface area contributed by atoms with Crippen LogP contribution in [0.2, 0.25) is 5.02 Å². The SMILES string of the molecule is CCCCCCCCCCCCCCCC1=[N+](c2ccccc2Cl)C(C)Cc2cc(OC)c(OC)cc21.[Cl-]. The lowest BCUT2D eigenvalue weighted by Gasteiger charge is -2.25. The Balaban J connectivity index is 0.00000507. The maximum Gasteiger partial charge on any atom is 0.224 e. The van der Waals surface area contributed by atoms with E-state index in [0.29, 0.717) is 6.04 Å². The predicted octanol–water partition coefficient (Wildman–Crippen LogP) is 6.92. The molecule has 0 fully saturated rings. The molecule has 0 saturated heterocycles. The van der Waals surface area contributed by atoms with Gasteiger partial charge in [-0.25, -0.2) is 0 Å². The van der Waals surface area contributed by atoms with Crippen molar-refractivity contribution >= 4 is 23.0 Å². The summed E-state index contributed by atoms with van der Waals surface area (Å²) in [4.78, 5) is 0. The van der Waals surface area contributed by atoms with E-state index in [0.717, 1.165) is 35.1 Å². The predicted molar refractivity (Wildman–Crippen MR) is 159 cm³/mol. The molecular weight excluding hydrogens is 513 g/mol. The zero-order chi connectivity index (χ0) is 26.5. The smallest absolute Gasteiger partial charge is 0.224 e. The summed E-state index contributed by atoms with van der Waals surface area (Å²) in [6.45, 7) is 4.59. The van der Waals surface area contributed by atoms with Crippen LogP contribution in [0.15, 0.2) is 36.4 Å². The zero-order valence-corrected chi connectivity index (χ0v) is 25.7. The summed E-state index contributed by atoms with van der Waals surface area (Å²) in [6, 6.07) is 12.9. The molecule has 3 rings (SSSR count). The molecular formula is C33H49Cl2NO2. The molecule has 1 aliphatic rings. The average Bonchev–Trinajstić information content (AvgIpc) is 2.91. The van der Waals surface area contributed by atoms with Crippen LogP contribution in [0.25, 0.3) is 0 Å². The minimum absolute atomic E-state index is 0. The molecule has 2 aromatic carbocycles. The first-order valence-corrected chi connectivity index (χ1v) is 15.1. The lowest BCUT2D eigenvalue weighted by Crippen LogP contribution is -3.00. The molecule has 0 amide bonds. The van der Waals surface area contributed by atoms with Crippen LogP contribution in [-0.2, 0) is 6.42 Å². The number of hydrogen-bond donors (Lipinski definition) is 0. The molecule has 0 N–H and O–H groups in total. The summed E-state index contributed by atoms with van der Waals surface area (Å²) < 4.78 is 13.8. The monoisotopic (exact) mass is 561 g/mol. The summed E-state index contributed by atoms with van der Waals surface area (Å²) in [5.41, 5.74) is 5.06. The van der Waals surface area contributed by atoms with Crippen molar-refractivity contribution in [2.45, 2.75) is 116 Å². The molecule has 1 heterocycles. The quantitative estimate of drug-likeness (QED) is 0.154. The van der Waals surface area contributed by atoms with Crippen LogP contribution in [0.5, 0.6) is 11.5 Å². The van der Waals surface area contributed by atoms with Gasteiger partial charge in [-0.3, -0.25) is 0 Å². The van der Waals surface area contributed by atoms with E-state index in [1.165, 1.54) is 100 Å². The second-order valence-corrected chi connectivity index (χ2v) is 11.1. The van der Waals surface area contributed by atoms with Crippen molar-refractivity contribution in [1.29, 1.82) is 0 Å². The molecule has 38 heavy (non-hydrogen) atoms. The second-order valence-electron chi connectivity index (χ2n) is 10.7. The Morgan fingerprint density at radius 3 is 1.87 bits per heavy atom. The van der Waals surface area contributed by atoms with Gasteiger partial charge in [0.25, 0.3) is 0 Å². The lowest BCUT2D eigenvalue weighted by atomic mass is 9.89. The molecule has 0 saturated carbocycles. The molecule has 0 radical (unpaired) electrons. The molecule has 5 heteroatoms. The first-order chi connectivity index (χ1) is 18.1. The highest BCUT2D eigenvalue weighted by molar-refractivity contribution is 6.32. The molecule has 0 bridgehead atoms. The number of hydrogen-bond acceptors (Lipinski definition) is 2. The summed E-state index contributed by atoms with van der Waals surface area (Å²) in [6.07, 6.45) is 19.8. The number of benzene rings is 2. The Morgan fingerprint density at radius 2 is 1.32 bits per heavy atom. The number of nitrogens with zero attached hydrogens (tertiary/aromatic N) is 1. The van der Waals surface area contributed by atoms with Crippen molar-refractivity contribution in [3.05, 3.63) is 52.5 Å². The van der Waals surface area contributed by atoms with Crippen LogP contribution < -0.4 is 21.9 Å². The second kappa shape index (κ2) is 17.8. The Labute approximate surface area is 243 Å². The van der Waals surface area contributed by atoms with Gasteiger partial charge in [0.1, 0.15) is 5.02 Å². The summed E-state index contributed by atoms with van der Waals surface area (Å²) in [5.74, 6) is 1.60. The summed E-state index contributed by atoms with van der Waals surface area (Å²) in [7, 11) is 3.43. The maximum absolute atomic E-state index is 6.71. The average molecular weight is 563 g/mol. The number of ether oxygens (including phenoxy) is 2. The van der Waals surface area contributed by atoms with E-state index in [2.05, 4.69) is 42.7 Å². The fourth-order valence-electron chi connectivity index (χ4n) is 5.76. The number of fused-ring (bicyclic) bond motifs is 1. The van der Waals surface area contributed by atoms with Crippen LogP contribution >= 0.6 is 11.6 Å². The molecule has 0 aromatic heterocycles. The standard InChI is InChI=1S/C33H49ClNO2.ClH/c1-5-6-7-8-9-10-11-12-13-14-15-16-17-21-30-28-25-33(37-4)32(36-3)24-27(28)23-26(2)35(30)31-22-19-18-20-29(31)34;/h18-20,22,24-26H,5-17,21,23H2,1-4H3;1H/q+1;/p-1. The van der Waals surface area contributed by atoms with Gasteiger partial charge in [0.05, 0.1) is 14.2 Å². The van der Waals surface area contributed by atoms with Crippen molar-refractivity contribution in [2.24, 2.45) is 0 Å². The zero-order valence-electron chi connectivity index (χ0n) is 24.2. The van der Waals surface area contributed by atoms with E-state index < -0.39 is 0 Å². The van der Waals surface area contributed by atoms with Gasteiger partial charge < -0.3 is 21.9 Å². The largest absolute Gasteiger partial charge is 1.00 e. The minimum atomic E-state index is 0. The highest BCUT2D eigenvalue weighted by Gasteiger charge is 2.34. The van der Waals surface area contributed by atoms with Crippen molar-refractivity contribution < 1.29 is 26.5 Å². The van der Waals surface area contributed by atoms with Crippen molar-refractivity contribution in [3.63, 3.8) is 0 Å². The van der Waals surface area contributed by atoms with Gasteiger partial charge in [-0.15, -0.1) is 0 Å². The lowest BCUT2D eigenvalue weighted by molar-refractivity contribution is -0.482.